The Kier molecular flexibility index (Phi) is 5.23. The number of carbonyl (C=O) groups is 1. The number of aromatic nitrogens is 3. The summed E-state index contributed by atoms with van der Waals surface area (Å²) in [5.74, 6) is 0.475. The van der Waals surface area contributed by atoms with Gasteiger partial charge in [-0.05, 0) is 75.7 Å². The van der Waals surface area contributed by atoms with Gasteiger partial charge in [-0.15, -0.1) is 10.2 Å². The minimum atomic E-state index is -0.197. The highest BCUT2D eigenvalue weighted by molar-refractivity contribution is 6.05. The summed E-state index contributed by atoms with van der Waals surface area (Å²) < 4.78 is 5.69. The minimum Gasteiger partial charge on any atom is -0.491 e. The molecule has 0 radical (unpaired) electrons. The van der Waals surface area contributed by atoms with Crippen molar-refractivity contribution in [2.24, 2.45) is 0 Å². The van der Waals surface area contributed by atoms with Gasteiger partial charge in [0.05, 0.1) is 11.8 Å². The monoisotopic (exact) mass is 400 g/mol. The number of nitrogens with zero attached hydrogens (tertiary/aromatic N) is 3. The fourth-order valence-electron chi connectivity index (χ4n) is 3.17. The van der Waals surface area contributed by atoms with Crippen molar-refractivity contribution < 1.29 is 9.53 Å². The van der Waals surface area contributed by atoms with Gasteiger partial charge in [-0.2, -0.15) is 4.80 Å². The Morgan fingerprint density at radius 3 is 2.37 bits per heavy atom. The van der Waals surface area contributed by atoms with E-state index in [-0.39, 0.29) is 12.0 Å². The van der Waals surface area contributed by atoms with Gasteiger partial charge in [0.25, 0.3) is 5.91 Å². The second-order valence-electron chi connectivity index (χ2n) is 7.63. The lowest BCUT2D eigenvalue weighted by Crippen LogP contribution is -2.13. The third kappa shape index (κ3) is 4.17. The van der Waals surface area contributed by atoms with Gasteiger partial charge in [-0.25, -0.2) is 0 Å². The van der Waals surface area contributed by atoms with Crippen molar-refractivity contribution in [1.29, 1.82) is 0 Å². The summed E-state index contributed by atoms with van der Waals surface area (Å²) in [6.45, 7) is 7.89. The Labute approximate surface area is 175 Å². The van der Waals surface area contributed by atoms with E-state index in [1.54, 1.807) is 16.9 Å². The molecule has 0 saturated heterocycles. The SMILES string of the molecule is Cc1ccc(-n2nc3cc(C)c(NC(=O)c4cccc(OC(C)C)c4)cc3n2)cc1. The van der Waals surface area contributed by atoms with Crippen LogP contribution in [-0.2, 0) is 0 Å². The standard InChI is InChI=1S/C24H24N4O2/c1-15(2)30-20-7-5-6-18(13-20)24(29)25-21-14-23-22(12-17(21)4)26-28(27-23)19-10-8-16(3)9-11-19/h5-15H,1-4H3,(H,25,29). The fourth-order valence-corrected chi connectivity index (χ4v) is 3.17. The zero-order valence-electron chi connectivity index (χ0n) is 17.5. The Morgan fingerprint density at radius 2 is 1.67 bits per heavy atom. The van der Waals surface area contributed by atoms with Crippen LogP contribution < -0.4 is 10.1 Å². The van der Waals surface area contributed by atoms with E-state index in [4.69, 9.17) is 4.74 Å². The van der Waals surface area contributed by atoms with E-state index in [9.17, 15) is 4.79 Å². The molecule has 1 amide bonds. The number of fused-ring (bicyclic) bond motifs is 1. The molecule has 6 heteroatoms. The Hall–Kier alpha value is -3.67. The lowest BCUT2D eigenvalue weighted by Gasteiger charge is -2.12. The first kappa shape index (κ1) is 19.6. The Morgan fingerprint density at radius 1 is 0.967 bits per heavy atom. The van der Waals surface area contributed by atoms with Gasteiger partial charge in [0.1, 0.15) is 16.8 Å². The number of hydrogen-bond acceptors (Lipinski definition) is 4. The van der Waals surface area contributed by atoms with Crippen molar-refractivity contribution in [3.05, 3.63) is 77.4 Å². The average molecular weight is 400 g/mol. The molecule has 4 aromatic rings. The molecule has 4 rings (SSSR count). The van der Waals surface area contributed by atoms with E-state index in [1.807, 2.05) is 76.2 Å². The molecule has 0 bridgehead atoms. The number of benzene rings is 3. The van der Waals surface area contributed by atoms with Gasteiger partial charge in [-0.1, -0.05) is 23.8 Å². The van der Waals surface area contributed by atoms with Crippen LogP contribution in [0.15, 0.2) is 60.7 Å². The van der Waals surface area contributed by atoms with Crippen LogP contribution in [0.2, 0.25) is 0 Å². The van der Waals surface area contributed by atoms with Gasteiger partial charge in [0.2, 0.25) is 0 Å². The molecule has 6 nitrogen and oxygen atoms in total. The summed E-state index contributed by atoms with van der Waals surface area (Å²) in [5, 5.41) is 12.1. The van der Waals surface area contributed by atoms with Crippen LogP contribution >= 0.6 is 0 Å². The lowest BCUT2D eigenvalue weighted by molar-refractivity contribution is 0.102. The predicted molar refractivity (Wildman–Crippen MR) is 118 cm³/mol. The number of hydrogen-bond donors (Lipinski definition) is 1. The molecule has 0 atom stereocenters. The maximum absolute atomic E-state index is 12.8. The zero-order chi connectivity index (χ0) is 21.3. The molecule has 0 aliphatic heterocycles. The smallest absolute Gasteiger partial charge is 0.255 e. The maximum Gasteiger partial charge on any atom is 0.255 e. The van der Waals surface area contributed by atoms with Crippen molar-refractivity contribution in [1.82, 2.24) is 15.0 Å². The summed E-state index contributed by atoms with van der Waals surface area (Å²) >= 11 is 0. The van der Waals surface area contributed by atoms with Crippen molar-refractivity contribution in [3.8, 4) is 11.4 Å². The highest BCUT2D eigenvalue weighted by atomic mass is 16.5. The van der Waals surface area contributed by atoms with Crippen LogP contribution in [0.5, 0.6) is 5.75 Å². The molecule has 0 spiro atoms. The Balaban J connectivity index is 1.60. The number of amides is 1. The van der Waals surface area contributed by atoms with Crippen molar-refractivity contribution in [2.45, 2.75) is 33.8 Å². The third-order valence-electron chi connectivity index (χ3n) is 4.71. The number of carbonyl (C=O) groups excluding carboxylic acids is 1. The van der Waals surface area contributed by atoms with E-state index in [0.29, 0.717) is 22.5 Å². The first-order valence-corrected chi connectivity index (χ1v) is 9.92. The van der Waals surface area contributed by atoms with E-state index in [2.05, 4.69) is 15.5 Å². The summed E-state index contributed by atoms with van der Waals surface area (Å²) in [5.41, 5.74) is 5.73. The molecule has 1 heterocycles. The molecular formula is C24H24N4O2. The number of aryl methyl sites for hydroxylation is 2. The van der Waals surface area contributed by atoms with Crippen molar-refractivity contribution in [2.75, 3.05) is 5.32 Å². The van der Waals surface area contributed by atoms with Gasteiger partial charge < -0.3 is 10.1 Å². The molecular weight excluding hydrogens is 376 g/mol. The molecule has 0 fully saturated rings. The van der Waals surface area contributed by atoms with E-state index in [0.717, 1.165) is 16.8 Å². The molecule has 3 aromatic carbocycles. The van der Waals surface area contributed by atoms with Gasteiger partial charge in [0.15, 0.2) is 0 Å². The van der Waals surface area contributed by atoms with Crippen LogP contribution in [0.4, 0.5) is 5.69 Å². The summed E-state index contributed by atoms with van der Waals surface area (Å²) in [4.78, 5) is 14.4. The molecule has 0 aliphatic carbocycles. The average Bonchev–Trinajstić information content (AvgIpc) is 3.11. The number of nitrogens with one attached hydrogen (secondary N) is 1. The topological polar surface area (TPSA) is 69.0 Å². The van der Waals surface area contributed by atoms with E-state index >= 15 is 0 Å². The van der Waals surface area contributed by atoms with E-state index in [1.165, 1.54) is 5.56 Å². The van der Waals surface area contributed by atoms with E-state index < -0.39 is 0 Å². The zero-order valence-corrected chi connectivity index (χ0v) is 17.5. The van der Waals surface area contributed by atoms with Crippen molar-refractivity contribution >= 4 is 22.6 Å². The van der Waals surface area contributed by atoms with Crippen LogP contribution in [0.3, 0.4) is 0 Å². The first-order chi connectivity index (χ1) is 14.4. The van der Waals surface area contributed by atoms with Gasteiger partial charge >= 0.3 is 0 Å². The third-order valence-corrected chi connectivity index (χ3v) is 4.71. The molecule has 0 aliphatic rings. The summed E-state index contributed by atoms with van der Waals surface area (Å²) in [6, 6.07) is 19.0. The Bertz CT molecular complexity index is 1210. The molecule has 30 heavy (non-hydrogen) atoms. The predicted octanol–water partition coefficient (Wildman–Crippen LogP) is 5.08. The maximum atomic E-state index is 12.8. The quantitative estimate of drug-likeness (QED) is 0.507. The second kappa shape index (κ2) is 7.99. The highest BCUT2D eigenvalue weighted by Crippen LogP contribution is 2.23. The molecule has 152 valence electrons. The normalized spacial score (nSPS) is 11.1. The fraction of sp³-hybridized carbons (Fsp3) is 0.208. The molecule has 1 aromatic heterocycles. The number of ether oxygens (including phenoxy) is 1. The van der Waals surface area contributed by atoms with Gasteiger partial charge in [0, 0.05) is 11.3 Å². The molecule has 1 N–H and O–H groups in total. The van der Waals surface area contributed by atoms with Crippen LogP contribution in [0.1, 0.15) is 35.3 Å². The molecule has 0 unspecified atom stereocenters. The summed E-state index contributed by atoms with van der Waals surface area (Å²) in [7, 11) is 0. The van der Waals surface area contributed by atoms with Crippen molar-refractivity contribution in [3.63, 3.8) is 0 Å². The van der Waals surface area contributed by atoms with Crippen LogP contribution in [-0.4, -0.2) is 27.0 Å². The highest BCUT2D eigenvalue weighted by Gasteiger charge is 2.13. The minimum absolute atomic E-state index is 0.0455. The summed E-state index contributed by atoms with van der Waals surface area (Å²) in [6.07, 6.45) is 0.0455. The number of anilines is 1. The second-order valence-corrected chi connectivity index (χ2v) is 7.63. The van der Waals surface area contributed by atoms with Crippen LogP contribution in [0.25, 0.3) is 16.7 Å². The number of rotatable bonds is 5. The first-order valence-electron chi connectivity index (χ1n) is 9.92. The van der Waals surface area contributed by atoms with Gasteiger partial charge in [-0.3, -0.25) is 4.79 Å². The molecule has 0 saturated carbocycles. The lowest BCUT2D eigenvalue weighted by atomic mass is 10.1. The largest absolute Gasteiger partial charge is 0.491 e. The van der Waals surface area contributed by atoms with Crippen LogP contribution in [0, 0.1) is 13.8 Å².